The Labute approximate surface area is 159 Å². The maximum atomic E-state index is 12.9. The minimum Gasteiger partial charge on any atom is -0.355 e. The van der Waals surface area contributed by atoms with Gasteiger partial charge in [0.1, 0.15) is 5.82 Å². The molecular formula is C21H26N4O2. The number of benzene rings is 1. The lowest BCUT2D eigenvalue weighted by molar-refractivity contribution is -0.125. The third kappa shape index (κ3) is 3.81. The highest BCUT2D eigenvalue weighted by atomic mass is 16.2. The topological polar surface area (TPSA) is 78.1 Å². The van der Waals surface area contributed by atoms with E-state index in [2.05, 4.69) is 44.5 Å². The number of nitrogens with zero attached hydrogens (tertiary/aromatic N) is 2. The Bertz CT molecular complexity index is 864. The Morgan fingerprint density at radius 1 is 1.33 bits per heavy atom. The van der Waals surface area contributed by atoms with E-state index in [1.807, 2.05) is 6.07 Å². The molecular weight excluding hydrogens is 340 g/mol. The average Bonchev–Trinajstić information content (AvgIpc) is 3.24. The van der Waals surface area contributed by atoms with Crippen molar-refractivity contribution in [3.63, 3.8) is 0 Å². The summed E-state index contributed by atoms with van der Waals surface area (Å²) in [6.45, 7) is 3.36. The smallest absolute Gasteiger partial charge is 0.251 e. The van der Waals surface area contributed by atoms with Crippen LogP contribution in [0.1, 0.15) is 42.4 Å². The standard InChI is InChI=1S/C21H26N4O2/c1-14-12-20(26)24-19(23-14)9-10-22-21(27)16-13-18(15-6-3-2-4-7-15)25-11-5-8-17(16)25/h2-4,6-7,12,16-18H,5,8-11,13H2,1H3,(H,22,27)(H,23,24,26)/t16-,17+,18-/m1/s1. The van der Waals surface area contributed by atoms with Gasteiger partial charge in [0.2, 0.25) is 5.91 Å². The summed E-state index contributed by atoms with van der Waals surface area (Å²) in [4.78, 5) is 33.9. The van der Waals surface area contributed by atoms with E-state index in [4.69, 9.17) is 0 Å². The molecule has 4 rings (SSSR count). The number of rotatable bonds is 5. The SMILES string of the molecule is Cc1cc(=O)[nH]c(CCNC(=O)[C@@H]2C[C@H](c3ccccc3)N3CCC[C@@H]23)n1. The third-order valence-corrected chi connectivity index (χ3v) is 5.79. The first-order valence-electron chi connectivity index (χ1n) is 9.77. The largest absolute Gasteiger partial charge is 0.355 e. The molecule has 0 spiro atoms. The lowest BCUT2D eigenvalue weighted by atomic mass is 9.93. The maximum absolute atomic E-state index is 12.9. The van der Waals surface area contributed by atoms with E-state index in [1.54, 1.807) is 6.92 Å². The van der Waals surface area contributed by atoms with E-state index >= 15 is 0 Å². The molecule has 0 bridgehead atoms. The molecule has 2 aromatic rings. The minimum atomic E-state index is -0.146. The van der Waals surface area contributed by atoms with Crippen molar-refractivity contribution < 1.29 is 4.79 Å². The van der Waals surface area contributed by atoms with Crippen LogP contribution >= 0.6 is 0 Å². The van der Waals surface area contributed by atoms with Crippen LogP contribution in [0.5, 0.6) is 0 Å². The normalized spacial score (nSPS) is 24.7. The Hall–Kier alpha value is -2.47. The second kappa shape index (κ2) is 7.64. The zero-order valence-corrected chi connectivity index (χ0v) is 15.6. The van der Waals surface area contributed by atoms with Gasteiger partial charge in [-0.25, -0.2) is 4.98 Å². The quantitative estimate of drug-likeness (QED) is 0.848. The van der Waals surface area contributed by atoms with Gasteiger partial charge in [-0.1, -0.05) is 30.3 Å². The molecule has 27 heavy (non-hydrogen) atoms. The molecule has 3 heterocycles. The van der Waals surface area contributed by atoms with Gasteiger partial charge in [-0.15, -0.1) is 0 Å². The van der Waals surface area contributed by atoms with Crippen LogP contribution in [0.25, 0.3) is 0 Å². The highest BCUT2D eigenvalue weighted by Crippen LogP contribution is 2.44. The molecule has 0 radical (unpaired) electrons. The van der Waals surface area contributed by atoms with E-state index < -0.39 is 0 Å². The zero-order chi connectivity index (χ0) is 18.8. The number of carbonyl (C=O) groups excluding carboxylic acids is 1. The van der Waals surface area contributed by atoms with Gasteiger partial charge in [-0.05, 0) is 38.3 Å². The molecule has 1 amide bonds. The van der Waals surface area contributed by atoms with Gasteiger partial charge in [-0.3, -0.25) is 14.5 Å². The van der Waals surface area contributed by atoms with Crippen molar-refractivity contribution in [1.82, 2.24) is 20.2 Å². The summed E-state index contributed by atoms with van der Waals surface area (Å²) < 4.78 is 0. The third-order valence-electron chi connectivity index (χ3n) is 5.79. The number of aryl methyl sites for hydroxylation is 1. The lowest BCUT2D eigenvalue weighted by Gasteiger charge is -2.24. The molecule has 1 aromatic carbocycles. The van der Waals surface area contributed by atoms with Gasteiger partial charge in [0, 0.05) is 36.8 Å². The first-order chi connectivity index (χ1) is 13.1. The predicted octanol–water partition coefficient (Wildman–Crippen LogP) is 1.96. The van der Waals surface area contributed by atoms with Crippen LogP contribution in [0.4, 0.5) is 0 Å². The molecule has 2 fully saturated rings. The van der Waals surface area contributed by atoms with Crippen molar-refractivity contribution in [2.75, 3.05) is 13.1 Å². The molecule has 1 aromatic heterocycles. The number of nitrogens with one attached hydrogen (secondary N) is 2. The molecule has 0 aliphatic carbocycles. The van der Waals surface area contributed by atoms with Crippen LogP contribution in [0, 0.1) is 12.8 Å². The molecule has 3 atom stereocenters. The number of hydrogen-bond acceptors (Lipinski definition) is 4. The number of amides is 1. The van der Waals surface area contributed by atoms with Crippen LogP contribution in [0.2, 0.25) is 0 Å². The lowest BCUT2D eigenvalue weighted by Crippen LogP contribution is -2.38. The van der Waals surface area contributed by atoms with Crippen molar-refractivity contribution in [2.45, 2.75) is 44.7 Å². The predicted molar refractivity (Wildman–Crippen MR) is 103 cm³/mol. The second-order valence-corrected chi connectivity index (χ2v) is 7.59. The Kier molecular flexibility index (Phi) is 5.07. The summed E-state index contributed by atoms with van der Waals surface area (Å²) in [5, 5.41) is 3.07. The summed E-state index contributed by atoms with van der Waals surface area (Å²) in [6.07, 6.45) is 3.66. The molecule has 6 heteroatoms. The highest BCUT2D eigenvalue weighted by Gasteiger charge is 2.46. The molecule has 142 valence electrons. The number of H-pyrrole nitrogens is 1. The Morgan fingerprint density at radius 2 is 2.15 bits per heavy atom. The number of aromatic amines is 1. The van der Waals surface area contributed by atoms with Gasteiger partial charge in [0.15, 0.2) is 0 Å². The molecule has 2 aliphatic heterocycles. The van der Waals surface area contributed by atoms with Crippen LogP contribution in [0.3, 0.4) is 0 Å². The summed E-state index contributed by atoms with van der Waals surface area (Å²) in [7, 11) is 0. The van der Waals surface area contributed by atoms with E-state index in [1.165, 1.54) is 11.6 Å². The van der Waals surface area contributed by atoms with Crippen LogP contribution in [-0.4, -0.2) is 39.9 Å². The number of hydrogen-bond donors (Lipinski definition) is 2. The Balaban J connectivity index is 1.39. The molecule has 6 nitrogen and oxygen atoms in total. The zero-order valence-electron chi connectivity index (χ0n) is 15.6. The van der Waals surface area contributed by atoms with E-state index in [0.717, 1.165) is 25.8 Å². The summed E-state index contributed by atoms with van der Waals surface area (Å²) in [5.74, 6) is 0.777. The van der Waals surface area contributed by atoms with Gasteiger partial charge in [0.05, 0.1) is 5.92 Å². The van der Waals surface area contributed by atoms with Crippen LogP contribution < -0.4 is 10.9 Å². The monoisotopic (exact) mass is 366 g/mol. The van der Waals surface area contributed by atoms with Crippen molar-refractivity contribution >= 4 is 5.91 Å². The molecule has 2 N–H and O–H groups in total. The first-order valence-corrected chi connectivity index (χ1v) is 9.77. The number of fused-ring (bicyclic) bond motifs is 1. The first kappa shape index (κ1) is 17.9. The second-order valence-electron chi connectivity index (χ2n) is 7.59. The molecule has 0 saturated carbocycles. The number of carbonyl (C=O) groups is 1. The van der Waals surface area contributed by atoms with Crippen LogP contribution in [0.15, 0.2) is 41.2 Å². The van der Waals surface area contributed by atoms with E-state index in [9.17, 15) is 9.59 Å². The fraction of sp³-hybridized carbons (Fsp3) is 0.476. The van der Waals surface area contributed by atoms with Crippen molar-refractivity contribution in [2.24, 2.45) is 5.92 Å². The molecule has 0 unspecified atom stereocenters. The minimum absolute atomic E-state index is 0.0298. The summed E-state index contributed by atoms with van der Waals surface area (Å²) >= 11 is 0. The van der Waals surface area contributed by atoms with Crippen molar-refractivity contribution in [3.8, 4) is 0 Å². The van der Waals surface area contributed by atoms with Crippen molar-refractivity contribution in [3.05, 3.63) is 63.8 Å². The van der Waals surface area contributed by atoms with Gasteiger partial charge < -0.3 is 10.3 Å². The van der Waals surface area contributed by atoms with Crippen molar-refractivity contribution in [1.29, 1.82) is 0 Å². The fourth-order valence-corrected chi connectivity index (χ4v) is 4.65. The highest BCUT2D eigenvalue weighted by molar-refractivity contribution is 5.80. The average molecular weight is 366 g/mol. The van der Waals surface area contributed by atoms with Gasteiger partial charge >= 0.3 is 0 Å². The van der Waals surface area contributed by atoms with E-state index in [-0.39, 0.29) is 17.4 Å². The number of aromatic nitrogens is 2. The summed E-state index contributed by atoms with van der Waals surface area (Å²) in [5.41, 5.74) is 1.86. The molecule has 2 saturated heterocycles. The van der Waals surface area contributed by atoms with Gasteiger partial charge in [-0.2, -0.15) is 0 Å². The fourth-order valence-electron chi connectivity index (χ4n) is 4.65. The van der Waals surface area contributed by atoms with E-state index in [0.29, 0.717) is 36.6 Å². The summed E-state index contributed by atoms with van der Waals surface area (Å²) in [6, 6.07) is 12.7. The van der Waals surface area contributed by atoms with Gasteiger partial charge in [0.25, 0.3) is 5.56 Å². The maximum Gasteiger partial charge on any atom is 0.251 e. The molecule has 2 aliphatic rings. The van der Waals surface area contributed by atoms with Crippen LogP contribution in [-0.2, 0) is 11.2 Å². The Morgan fingerprint density at radius 3 is 2.93 bits per heavy atom.